The molecule has 0 bridgehead atoms. The lowest BCUT2D eigenvalue weighted by atomic mass is 10.0. The first kappa shape index (κ1) is 12.9. The van der Waals surface area contributed by atoms with Gasteiger partial charge in [0.15, 0.2) is 11.8 Å². The average Bonchev–Trinajstić information content (AvgIpc) is 2.29. The van der Waals surface area contributed by atoms with E-state index < -0.39 is 0 Å². The molecule has 0 amide bonds. The molecule has 1 aliphatic heterocycles. The second kappa shape index (κ2) is 5.38. The molecular weight excluding hydrogens is 232 g/mol. The van der Waals surface area contributed by atoms with Crippen molar-refractivity contribution in [2.24, 2.45) is 5.92 Å². The maximum atomic E-state index is 6.73. The molecule has 2 atom stereocenters. The first-order valence-electron chi connectivity index (χ1n) is 6.35. The summed E-state index contributed by atoms with van der Waals surface area (Å²) in [6.45, 7) is 8.14. The monoisotopic (exact) mass is 252 g/mol. The lowest BCUT2D eigenvalue weighted by molar-refractivity contribution is -0.835. The second-order valence-corrected chi connectivity index (χ2v) is 6.01. The van der Waals surface area contributed by atoms with Crippen molar-refractivity contribution in [3.63, 3.8) is 0 Å². The van der Waals surface area contributed by atoms with Gasteiger partial charge in [0.1, 0.15) is 19.6 Å². The Morgan fingerprint density at radius 2 is 2.06 bits per heavy atom. The maximum Gasteiger partial charge on any atom is 0.165 e. The summed E-state index contributed by atoms with van der Waals surface area (Å²) in [5, 5.41) is 4.67. The van der Waals surface area contributed by atoms with E-state index in [2.05, 4.69) is 43.4 Å². The molecule has 1 aliphatic rings. The van der Waals surface area contributed by atoms with Crippen LogP contribution in [0.5, 0.6) is 0 Å². The highest BCUT2D eigenvalue weighted by molar-refractivity contribution is 6.06. The number of quaternary nitrogens is 1. The average molecular weight is 253 g/mol. The van der Waals surface area contributed by atoms with Gasteiger partial charge in [-0.1, -0.05) is 44.2 Å². The van der Waals surface area contributed by atoms with Crippen LogP contribution in [0.1, 0.15) is 19.4 Å². The number of piperazine rings is 1. The molecule has 0 aromatic heterocycles. The Balaban J connectivity index is 2.03. The van der Waals surface area contributed by atoms with Crippen LogP contribution in [0.15, 0.2) is 30.3 Å². The second-order valence-electron chi connectivity index (χ2n) is 5.30. The van der Waals surface area contributed by atoms with Crippen LogP contribution >= 0.6 is 11.8 Å². The summed E-state index contributed by atoms with van der Waals surface area (Å²) in [6, 6.07) is 10.9. The summed E-state index contributed by atoms with van der Waals surface area (Å²) in [4.78, 5) is 0. The molecule has 2 nitrogen and oxygen atoms in total. The number of benzene rings is 1. The Morgan fingerprint density at radius 1 is 1.35 bits per heavy atom. The van der Waals surface area contributed by atoms with Gasteiger partial charge in [-0.15, -0.1) is 0 Å². The normalized spacial score (nSPS) is 29.5. The summed E-state index contributed by atoms with van der Waals surface area (Å²) >= 11 is 6.73. The van der Waals surface area contributed by atoms with Crippen molar-refractivity contribution >= 4 is 11.8 Å². The van der Waals surface area contributed by atoms with Gasteiger partial charge in [0.2, 0.25) is 0 Å². The minimum atomic E-state index is 0.407. The van der Waals surface area contributed by atoms with Crippen LogP contribution in [0.25, 0.3) is 0 Å². The molecule has 17 heavy (non-hydrogen) atoms. The molecular formula is C14H21ClN2+. The lowest BCUT2D eigenvalue weighted by Gasteiger charge is -2.38. The predicted molar refractivity (Wildman–Crippen MR) is 71.6 cm³/mol. The van der Waals surface area contributed by atoms with Crippen LogP contribution in [-0.4, -0.2) is 29.7 Å². The molecule has 0 aliphatic carbocycles. The fraction of sp³-hybridized carbons (Fsp3) is 0.571. The van der Waals surface area contributed by atoms with E-state index in [0.29, 0.717) is 16.0 Å². The van der Waals surface area contributed by atoms with Crippen molar-refractivity contribution in [3.8, 4) is 0 Å². The Kier molecular flexibility index (Phi) is 4.08. The van der Waals surface area contributed by atoms with E-state index in [1.165, 1.54) is 5.56 Å². The minimum absolute atomic E-state index is 0.407. The number of rotatable bonds is 3. The van der Waals surface area contributed by atoms with Crippen LogP contribution in [0.4, 0.5) is 0 Å². The van der Waals surface area contributed by atoms with E-state index in [-0.39, 0.29) is 0 Å². The zero-order chi connectivity index (χ0) is 12.3. The van der Waals surface area contributed by atoms with Crippen molar-refractivity contribution in [1.82, 2.24) is 5.32 Å². The third-order valence-electron chi connectivity index (χ3n) is 3.46. The fourth-order valence-corrected chi connectivity index (χ4v) is 2.72. The molecule has 0 saturated carbocycles. The first-order chi connectivity index (χ1) is 8.09. The van der Waals surface area contributed by atoms with Gasteiger partial charge < -0.3 is 0 Å². The summed E-state index contributed by atoms with van der Waals surface area (Å²) in [7, 11) is 0. The fourth-order valence-electron chi connectivity index (χ4n) is 2.36. The van der Waals surface area contributed by atoms with Crippen LogP contribution in [-0.2, 0) is 6.54 Å². The molecule has 1 aromatic carbocycles. The molecule has 0 spiro atoms. The Morgan fingerprint density at radius 3 is 2.71 bits per heavy atom. The summed E-state index contributed by atoms with van der Waals surface area (Å²) < 4.78 is 0.608. The van der Waals surface area contributed by atoms with Crippen molar-refractivity contribution in [1.29, 1.82) is 0 Å². The predicted octanol–water partition coefficient (Wildman–Crippen LogP) is 2.80. The zero-order valence-electron chi connectivity index (χ0n) is 10.6. The molecule has 1 aromatic rings. The molecule has 1 saturated heterocycles. The number of halogens is 1. The van der Waals surface area contributed by atoms with Crippen LogP contribution in [0, 0.1) is 5.92 Å². The summed E-state index contributed by atoms with van der Waals surface area (Å²) in [5.74, 6) is 0.585. The molecule has 1 radical (unpaired) electrons. The Bertz CT molecular complexity index is 352. The summed E-state index contributed by atoms with van der Waals surface area (Å²) in [6.07, 6.45) is 0. The van der Waals surface area contributed by atoms with E-state index in [1.54, 1.807) is 0 Å². The number of nitrogens with zero attached hydrogens (tertiary/aromatic N) is 2. The lowest BCUT2D eigenvalue weighted by Crippen LogP contribution is -2.55. The van der Waals surface area contributed by atoms with E-state index in [4.69, 9.17) is 11.8 Å². The molecule has 2 unspecified atom stereocenters. The van der Waals surface area contributed by atoms with Gasteiger partial charge in [0.25, 0.3) is 0 Å². The van der Waals surface area contributed by atoms with Crippen LogP contribution < -0.4 is 5.32 Å². The van der Waals surface area contributed by atoms with Gasteiger partial charge in [0, 0.05) is 5.56 Å². The van der Waals surface area contributed by atoms with E-state index >= 15 is 0 Å². The van der Waals surface area contributed by atoms with E-state index in [9.17, 15) is 0 Å². The molecule has 93 valence electrons. The highest BCUT2D eigenvalue weighted by Gasteiger charge is 2.36. The third-order valence-corrected chi connectivity index (χ3v) is 3.88. The topological polar surface area (TPSA) is 14.1 Å². The molecule has 3 heteroatoms. The smallest absolute Gasteiger partial charge is 0.165 e. The van der Waals surface area contributed by atoms with Gasteiger partial charge in [-0.25, -0.2) is 9.32 Å². The quantitative estimate of drug-likeness (QED) is 0.735. The summed E-state index contributed by atoms with van der Waals surface area (Å²) in [5.41, 5.74) is 1.31. The van der Waals surface area contributed by atoms with Gasteiger partial charge in [-0.3, -0.25) is 0 Å². The van der Waals surface area contributed by atoms with Gasteiger partial charge in [-0.2, -0.15) is 0 Å². The van der Waals surface area contributed by atoms with Crippen molar-refractivity contribution in [3.05, 3.63) is 35.9 Å². The van der Waals surface area contributed by atoms with Crippen molar-refractivity contribution in [2.45, 2.75) is 26.4 Å². The highest BCUT2D eigenvalue weighted by Crippen LogP contribution is 2.24. The molecule has 0 N–H and O–H groups in total. The molecule has 2 rings (SSSR count). The maximum absolute atomic E-state index is 6.73. The van der Waals surface area contributed by atoms with Crippen molar-refractivity contribution < 1.29 is 4.00 Å². The third kappa shape index (κ3) is 3.44. The highest BCUT2D eigenvalue weighted by atomic mass is 35.5. The van der Waals surface area contributed by atoms with Crippen LogP contribution in [0.2, 0.25) is 0 Å². The van der Waals surface area contributed by atoms with Crippen LogP contribution in [0.3, 0.4) is 0 Å². The Hall–Kier alpha value is -0.570. The van der Waals surface area contributed by atoms with Gasteiger partial charge in [0.05, 0.1) is 12.6 Å². The SMILES string of the molecule is CC(C)C1C[N+](Cl)(Cc2ccccc2)CC[N]1. The van der Waals surface area contributed by atoms with E-state index in [0.717, 1.165) is 26.2 Å². The Labute approximate surface area is 109 Å². The number of hydrogen-bond acceptors (Lipinski definition) is 0. The zero-order valence-corrected chi connectivity index (χ0v) is 11.4. The number of hydrogen-bond donors (Lipinski definition) is 0. The molecule has 1 fully saturated rings. The van der Waals surface area contributed by atoms with Gasteiger partial charge >= 0.3 is 0 Å². The van der Waals surface area contributed by atoms with Crippen molar-refractivity contribution in [2.75, 3.05) is 19.6 Å². The standard InChI is InChI=1S/C14H21ClN2/c1-12(2)14-11-17(15,9-8-16-14)10-13-6-4-3-5-7-13/h3-7,12,14H,8-11H2,1-2H3/q+1. The largest absolute Gasteiger partial charge is 0.226 e. The van der Waals surface area contributed by atoms with Gasteiger partial charge in [-0.05, 0) is 5.92 Å². The van der Waals surface area contributed by atoms with E-state index in [1.807, 2.05) is 6.07 Å². The first-order valence-corrected chi connectivity index (χ1v) is 6.69. The molecule has 1 heterocycles. The minimum Gasteiger partial charge on any atom is -0.226 e.